The Bertz CT molecular complexity index is 1320. The van der Waals surface area contributed by atoms with Crippen molar-refractivity contribution >= 4 is 11.8 Å². The van der Waals surface area contributed by atoms with Crippen LogP contribution in [0.2, 0.25) is 0 Å². The number of aromatic nitrogens is 4. The summed E-state index contributed by atoms with van der Waals surface area (Å²) >= 11 is 1.65. The molecule has 0 saturated heterocycles. The molecular formula is C23H19FN4O2S. The normalized spacial score (nSPS) is 15.9. The summed E-state index contributed by atoms with van der Waals surface area (Å²) in [7, 11) is 0. The Morgan fingerprint density at radius 3 is 2.77 bits per heavy atom. The van der Waals surface area contributed by atoms with Gasteiger partial charge in [0.25, 0.3) is 0 Å². The molecule has 0 fully saturated rings. The summed E-state index contributed by atoms with van der Waals surface area (Å²) in [5.74, 6) is -0.380. The quantitative estimate of drug-likeness (QED) is 0.491. The predicted molar refractivity (Wildman–Crippen MR) is 117 cm³/mol. The summed E-state index contributed by atoms with van der Waals surface area (Å²) in [5, 5.41) is 15.0. The van der Waals surface area contributed by atoms with Crippen LogP contribution in [0.1, 0.15) is 23.1 Å². The number of thioether (sulfide) groups is 1. The van der Waals surface area contributed by atoms with Gasteiger partial charge in [0.05, 0.1) is 12.2 Å². The highest BCUT2D eigenvalue weighted by atomic mass is 32.2. The lowest BCUT2D eigenvalue weighted by molar-refractivity contribution is 0.331. The van der Waals surface area contributed by atoms with Gasteiger partial charge in [-0.25, -0.2) is 9.37 Å². The Morgan fingerprint density at radius 2 is 2.00 bits per heavy atom. The molecule has 1 aliphatic heterocycles. The summed E-state index contributed by atoms with van der Waals surface area (Å²) in [6, 6.07) is 14.4. The van der Waals surface area contributed by atoms with Crippen LogP contribution in [0.3, 0.4) is 0 Å². The number of imidazole rings is 1. The number of rotatable bonds is 4. The predicted octanol–water partition coefficient (Wildman–Crippen LogP) is 4.06. The minimum Gasteiger partial charge on any atom is -0.503 e. The molecule has 6 nitrogen and oxygen atoms in total. The molecule has 0 spiro atoms. The number of hydrogen-bond donors (Lipinski definition) is 1. The van der Waals surface area contributed by atoms with Crippen LogP contribution < -0.4 is 5.43 Å². The summed E-state index contributed by atoms with van der Waals surface area (Å²) in [6.07, 6.45) is 6.61. The van der Waals surface area contributed by atoms with Crippen LogP contribution in [0.5, 0.6) is 5.75 Å². The molecule has 0 amide bonds. The van der Waals surface area contributed by atoms with Crippen LogP contribution in [0, 0.1) is 5.82 Å². The number of nitrogens with zero attached hydrogens (tertiary/aromatic N) is 4. The molecule has 31 heavy (non-hydrogen) atoms. The van der Waals surface area contributed by atoms with Crippen LogP contribution in [0.4, 0.5) is 4.39 Å². The van der Waals surface area contributed by atoms with Gasteiger partial charge in [-0.3, -0.25) is 9.48 Å². The average Bonchev–Trinajstić information content (AvgIpc) is 3.26. The molecule has 0 radical (unpaired) electrons. The molecule has 1 aliphatic rings. The van der Waals surface area contributed by atoms with Gasteiger partial charge in [0, 0.05) is 29.8 Å². The Morgan fingerprint density at radius 1 is 1.19 bits per heavy atom. The minimum atomic E-state index is -0.552. The maximum Gasteiger partial charge on any atom is 0.242 e. The third-order valence-corrected chi connectivity index (χ3v) is 6.40. The van der Waals surface area contributed by atoms with E-state index in [0.717, 1.165) is 22.2 Å². The molecular weight excluding hydrogens is 415 g/mol. The third-order valence-electron chi connectivity index (χ3n) is 5.68. The van der Waals surface area contributed by atoms with Crippen LogP contribution in [0.15, 0.2) is 76.8 Å². The molecule has 156 valence electrons. The van der Waals surface area contributed by atoms with E-state index in [1.807, 2.05) is 35.2 Å². The van der Waals surface area contributed by atoms with E-state index in [-0.39, 0.29) is 23.5 Å². The van der Waals surface area contributed by atoms with Crippen molar-refractivity contribution in [2.45, 2.75) is 23.4 Å². The third kappa shape index (κ3) is 3.33. The van der Waals surface area contributed by atoms with Crippen molar-refractivity contribution in [2.24, 2.45) is 0 Å². The smallest absolute Gasteiger partial charge is 0.242 e. The average molecular weight is 434 g/mol. The second kappa shape index (κ2) is 7.70. The van der Waals surface area contributed by atoms with E-state index in [2.05, 4.69) is 16.1 Å². The second-order valence-corrected chi connectivity index (χ2v) is 8.31. The van der Waals surface area contributed by atoms with Crippen LogP contribution >= 0.6 is 11.8 Å². The highest BCUT2D eigenvalue weighted by Gasteiger charge is 2.35. The van der Waals surface area contributed by atoms with Gasteiger partial charge in [0.15, 0.2) is 11.6 Å². The van der Waals surface area contributed by atoms with E-state index in [1.165, 1.54) is 12.1 Å². The molecule has 2 aromatic carbocycles. The molecule has 0 aliphatic carbocycles. The fourth-order valence-corrected chi connectivity index (χ4v) is 4.73. The molecule has 5 rings (SSSR count). The number of halogens is 1. The van der Waals surface area contributed by atoms with Crippen LogP contribution in [-0.4, -0.2) is 30.7 Å². The molecule has 0 saturated carbocycles. The first-order valence-corrected chi connectivity index (χ1v) is 11.0. The van der Waals surface area contributed by atoms with Crippen LogP contribution in [0.25, 0.3) is 11.5 Å². The zero-order valence-corrected chi connectivity index (χ0v) is 17.5. The number of fused-ring (bicyclic) bond motifs is 3. The second-order valence-electron chi connectivity index (χ2n) is 7.43. The Balaban J connectivity index is 1.75. The van der Waals surface area contributed by atoms with Crippen molar-refractivity contribution in [1.29, 1.82) is 0 Å². The molecule has 3 heterocycles. The van der Waals surface area contributed by atoms with E-state index < -0.39 is 5.43 Å². The summed E-state index contributed by atoms with van der Waals surface area (Å²) in [4.78, 5) is 17.6. The van der Waals surface area contributed by atoms with E-state index in [1.54, 1.807) is 34.8 Å². The lowest BCUT2D eigenvalue weighted by Crippen LogP contribution is -2.32. The van der Waals surface area contributed by atoms with Crippen LogP contribution in [-0.2, 0) is 6.54 Å². The van der Waals surface area contributed by atoms with Crippen molar-refractivity contribution in [2.75, 3.05) is 6.26 Å². The molecule has 1 N–H and O–H groups in total. The monoisotopic (exact) mass is 434 g/mol. The standard InChI is InChI=1S/C23H19FN4O2S/c1-31-17-4-2-3-15(11-17)20(14-5-7-16(24)8-6-14)18-13-27-10-9-25-23(27)21-22(30)19(29)12-26-28(18)21/h2-12,18,20,30H,13H2,1H3/t18-,20+/m1/s1. The van der Waals surface area contributed by atoms with Crippen molar-refractivity contribution in [1.82, 2.24) is 19.3 Å². The Labute approximate surface area is 182 Å². The van der Waals surface area contributed by atoms with E-state index >= 15 is 0 Å². The van der Waals surface area contributed by atoms with Gasteiger partial charge in [-0.05, 0) is 41.6 Å². The topological polar surface area (TPSA) is 72.9 Å². The number of benzene rings is 2. The first-order valence-electron chi connectivity index (χ1n) is 9.78. The first-order chi connectivity index (χ1) is 15.1. The minimum absolute atomic E-state index is 0.198. The van der Waals surface area contributed by atoms with Gasteiger partial charge < -0.3 is 9.67 Å². The number of aromatic hydroxyl groups is 1. The molecule has 4 aromatic rings. The molecule has 2 aromatic heterocycles. The van der Waals surface area contributed by atoms with Gasteiger partial charge >= 0.3 is 0 Å². The van der Waals surface area contributed by atoms with Crippen molar-refractivity contribution < 1.29 is 9.50 Å². The highest BCUT2D eigenvalue weighted by Crippen LogP contribution is 2.42. The van der Waals surface area contributed by atoms with E-state index in [9.17, 15) is 14.3 Å². The number of hydrogen-bond acceptors (Lipinski definition) is 5. The fourth-order valence-electron chi connectivity index (χ4n) is 4.26. The lowest BCUT2D eigenvalue weighted by Gasteiger charge is -2.34. The van der Waals surface area contributed by atoms with Gasteiger partial charge in [0.2, 0.25) is 5.43 Å². The fraction of sp³-hybridized carbons (Fsp3) is 0.174. The summed E-state index contributed by atoms with van der Waals surface area (Å²) in [5.41, 5.74) is 1.70. The van der Waals surface area contributed by atoms with Gasteiger partial charge in [-0.15, -0.1) is 11.8 Å². The molecule has 0 bridgehead atoms. The van der Waals surface area contributed by atoms with E-state index in [0.29, 0.717) is 18.1 Å². The van der Waals surface area contributed by atoms with Gasteiger partial charge in [0.1, 0.15) is 11.5 Å². The zero-order valence-electron chi connectivity index (χ0n) is 16.6. The Kier molecular flexibility index (Phi) is 4.86. The Hall–Kier alpha value is -3.39. The summed E-state index contributed by atoms with van der Waals surface area (Å²) in [6.45, 7) is 0.531. The summed E-state index contributed by atoms with van der Waals surface area (Å²) < 4.78 is 17.3. The maximum atomic E-state index is 13.7. The zero-order chi connectivity index (χ0) is 21.5. The van der Waals surface area contributed by atoms with E-state index in [4.69, 9.17) is 0 Å². The van der Waals surface area contributed by atoms with Crippen molar-refractivity contribution in [3.63, 3.8) is 0 Å². The largest absolute Gasteiger partial charge is 0.503 e. The highest BCUT2D eigenvalue weighted by molar-refractivity contribution is 7.98. The van der Waals surface area contributed by atoms with Crippen molar-refractivity contribution in [3.05, 3.63) is 94.3 Å². The van der Waals surface area contributed by atoms with Crippen molar-refractivity contribution in [3.8, 4) is 17.3 Å². The van der Waals surface area contributed by atoms with Gasteiger partial charge in [-0.1, -0.05) is 24.3 Å². The SMILES string of the molecule is CSc1cccc([C@H](c2ccc(F)cc2)[C@H]2Cn3ccnc3-c3c(O)c(=O)cnn32)c1. The lowest BCUT2D eigenvalue weighted by atomic mass is 9.84. The molecule has 2 atom stereocenters. The maximum absolute atomic E-state index is 13.7. The first kappa shape index (κ1) is 19.6. The van der Waals surface area contributed by atoms with Gasteiger partial charge in [-0.2, -0.15) is 5.10 Å². The molecule has 0 unspecified atom stereocenters. The molecule has 8 heteroatoms.